The Morgan fingerprint density at radius 3 is 2.54 bits per heavy atom. The van der Waals surface area contributed by atoms with Crippen LogP contribution in [-0.2, 0) is 33.6 Å². The van der Waals surface area contributed by atoms with Crippen LogP contribution in [0.15, 0.2) is 66.8 Å². The fraction of sp³-hybridized carbons (Fsp3) is 0.457. The van der Waals surface area contributed by atoms with E-state index in [9.17, 15) is 14.4 Å². The Labute approximate surface area is 234 Å². The van der Waals surface area contributed by atoms with Crippen LogP contribution in [0, 0.1) is 17.8 Å². The number of aryl methyl sites for hydroxylation is 1. The van der Waals surface area contributed by atoms with E-state index in [2.05, 4.69) is 42.2 Å². The zero-order valence-corrected chi connectivity index (χ0v) is 23.6. The van der Waals surface area contributed by atoms with Crippen molar-refractivity contribution >= 4 is 23.2 Å². The van der Waals surface area contributed by atoms with Gasteiger partial charge in [-0.2, -0.15) is 0 Å². The topological polar surface area (TPSA) is 63.2 Å². The number of carbonyl (C=O) groups excluding carboxylic acids is 3. The summed E-state index contributed by atoms with van der Waals surface area (Å²) in [7, 11) is 0. The van der Waals surface area contributed by atoms with Crippen LogP contribution in [0.5, 0.6) is 0 Å². The highest BCUT2D eigenvalue weighted by Crippen LogP contribution is 2.38. The number of rotatable bonds is 12. The van der Waals surface area contributed by atoms with E-state index in [1.807, 2.05) is 31.2 Å². The van der Waals surface area contributed by atoms with Crippen molar-refractivity contribution in [3.63, 3.8) is 0 Å². The molecular formula is C35H43NO3. The molecule has 1 atom stereocenters. The fourth-order valence-electron chi connectivity index (χ4n) is 6.51. The largest absolute Gasteiger partial charge is 0.326 e. The van der Waals surface area contributed by atoms with Crippen LogP contribution >= 0.6 is 0 Å². The first-order valence-electron chi connectivity index (χ1n) is 14.6. The van der Waals surface area contributed by atoms with Gasteiger partial charge in [0.25, 0.3) is 0 Å². The molecule has 1 unspecified atom stereocenters. The van der Waals surface area contributed by atoms with Gasteiger partial charge in [0.1, 0.15) is 5.78 Å². The van der Waals surface area contributed by atoms with Crippen LogP contribution in [0.1, 0.15) is 87.5 Å². The van der Waals surface area contributed by atoms with E-state index in [0.717, 1.165) is 62.6 Å². The highest BCUT2D eigenvalue weighted by atomic mass is 16.1. The predicted octanol–water partition coefficient (Wildman–Crippen LogP) is 7.59. The molecule has 1 N–H and O–H groups in total. The van der Waals surface area contributed by atoms with Crippen molar-refractivity contribution < 1.29 is 14.4 Å². The Morgan fingerprint density at radius 1 is 1.05 bits per heavy atom. The van der Waals surface area contributed by atoms with E-state index >= 15 is 0 Å². The van der Waals surface area contributed by atoms with Crippen LogP contribution in [0.25, 0.3) is 0 Å². The molecular weight excluding hydrogens is 482 g/mol. The number of hydrogen-bond acceptors (Lipinski definition) is 3. The third-order valence-electron chi connectivity index (χ3n) is 8.65. The van der Waals surface area contributed by atoms with Gasteiger partial charge in [-0.1, -0.05) is 55.1 Å². The third kappa shape index (κ3) is 7.88. The molecule has 0 saturated heterocycles. The van der Waals surface area contributed by atoms with Crippen molar-refractivity contribution in [1.29, 1.82) is 0 Å². The molecule has 4 nitrogen and oxygen atoms in total. The van der Waals surface area contributed by atoms with Gasteiger partial charge in [-0.15, -0.1) is 0 Å². The maximum Gasteiger partial charge on any atom is 0.224 e. The van der Waals surface area contributed by atoms with Gasteiger partial charge < -0.3 is 10.1 Å². The van der Waals surface area contributed by atoms with Gasteiger partial charge >= 0.3 is 0 Å². The standard InChI is InChI=1S/C35H43NO3/c1-4-5-8-24(2)35(39)29-17-15-28(16-18-29)30(21-25(3)37)14-13-26-9-6-10-27(22-26)23-31-11-7-12-33-32(31)19-20-34(38)36-33/h4-7,9-12,22,28-30H,2,8,13-21,23H2,1,3H3,(H,36,38). The number of ketones is 2. The first kappa shape index (κ1) is 28.7. The first-order valence-corrected chi connectivity index (χ1v) is 14.6. The Hall–Kier alpha value is -3.27. The minimum Gasteiger partial charge on any atom is -0.326 e. The zero-order chi connectivity index (χ0) is 27.8. The predicted molar refractivity (Wildman–Crippen MR) is 159 cm³/mol. The summed E-state index contributed by atoms with van der Waals surface area (Å²) in [6.45, 7) is 7.69. The molecule has 2 aromatic rings. The van der Waals surface area contributed by atoms with E-state index in [1.54, 1.807) is 6.92 Å². The van der Waals surface area contributed by atoms with Crippen LogP contribution in [0.3, 0.4) is 0 Å². The van der Waals surface area contributed by atoms with Gasteiger partial charge in [0.2, 0.25) is 5.91 Å². The number of fused-ring (bicyclic) bond motifs is 1. The van der Waals surface area contributed by atoms with Crippen molar-refractivity contribution in [1.82, 2.24) is 0 Å². The Morgan fingerprint density at radius 2 is 1.79 bits per heavy atom. The van der Waals surface area contributed by atoms with Gasteiger partial charge in [-0.05, 0) is 117 Å². The fourth-order valence-corrected chi connectivity index (χ4v) is 6.51. The average Bonchev–Trinajstić information content (AvgIpc) is 2.93. The summed E-state index contributed by atoms with van der Waals surface area (Å²) in [6.07, 6.45) is 13.2. The summed E-state index contributed by atoms with van der Waals surface area (Å²) < 4.78 is 0. The average molecular weight is 526 g/mol. The smallest absolute Gasteiger partial charge is 0.224 e. The summed E-state index contributed by atoms with van der Waals surface area (Å²) in [6, 6.07) is 15.0. The summed E-state index contributed by atoms with van der Waals surface area (Å²) in [5.41, 5.74) is 6.78. The van der Waals surface area contributed by atoms with Crippen molar-refractivity contribution in [3.8, 4) is 0 Å². The molecule has 206 valence electrons. The molecule has 4 heteroatoms. The van der Waals surface area contributed by atoms with E-state index in [4.69, 9.17) is 0 Å². The van der Waals surface area contributed by atoms with Crippen LogP contribution < -0.4 is 5.32 Å². The number of amides is 1. The highest BCUT2D eigenvalue weighted by Gasteiger charge is 2.31. The van der Waals surface area contributed by atoms with Gasteiger partial charge in [-0.25, -0.2) is 0 Å². The molecule has 1 aliphatic carbocycles. The van der Waals surface area contributed by atoms with Gasteiger partial charge in [0.15, 0.2) is 5.78 Å². The zero-order valence-electron chi connectivity index (χ0n) is 23.6. The molecule has 0 radical (unpaired) electrons. The Kier molecular flexibility index (Phi) is 10.1. The lowest BCUT2D eigenvalue weighted by Crippen LogP contribution is -2.27. The van der Waals surface area contributed by atoms with Crippen molar-refractivity contribution in [2.45, 2.75) is 84.5 Å². The maximum atomic E-state index is 12.8. The van der Waals surface area contributed by atoms with Crippen molar-refractivity contribution in [2.75, 3.05) is 5.32 Å². The molecule has 2 aliphatic rings. The maximum absolute atomic E-state index is 12.8. The monoisotopic (exact) mass is 525 g/mol. The number of Topliss-reactive ketones (excluding diaryl/α,β-unsaturated/α-hetero) is 2. The lowest BCUT2D eigenvalue weighted by molar-refractivity contribution is -0.121. The lowest BCUT2D eigenvalue weighted by atomic mass is 9.71. The molecule has 1 saturated carbocycles. The summed E-state index contributed by atoms with van der Waals surface area (Å²) in [4.78, 5) is 36.8. The molecule has 1 heterocycles. The molecule has 2 aromatic carbocycles. The van der Waals surface area contributed by atoms with Crippen LogP contribution in [-0.4, -0.2) is 17.5 Å². The number of hydrogen-bond donors (Lipinski definition) is 1. The van der Waals surface area contributed by atoms with Crippen LogP contribution in [0.4, 0.5) is 5.69 Å². The van der Waals surface area contributed by atoms with E-state index in [0.29, 0.717) is 31.1 Å². The first-order chi connectivity index (χ1) is 18.8. The molecule has 0 aromatic heterocycles. The number of nitrogens with one attached hydrogen (secondary N) is 1. The number of benzene rings is 2. The second-order valence-electron chi connectivity index (χ2n) is 11.5. The number of anilines is 1. The Balaban J connectivity index is 1.36. The van der Waals surface area contributed by atoms with E-state index < -0.39 is 0 Å². The molecule has 1 amide bonds. The van der Waals surface area contributed by atoms with Gasteiger partial charge in [0, 0.05) is 24.4 Å². The SMILES string of the molecule is C=C(CC=CC)C(=O)C1CCC(C(CCc2cccc(Cc3cccc4c3CCC(=O)N4)c2)CC(C)=O)CC1. The second-order valence-corrected chi connectivity index (χ2v) is 11.5. The van der Waals surface area contributed by atoms with Crippen LogP contribution in [0.2, 0.25) is 0 Å². The summed E-state index contributed by atoms with van der Waals surface area (Å²) >= 11 is 0. The lowest BCUT2D eigenvalue weighted by Gasteiger charge is -2.33. The quantitative estimate of drug-likeness (QED) is 0.229. The Bertz CT molecular complexity index is 1230. The molecule has 0 spiro atoms. The van der Waals surface area contributed by atoms with Crippen molar-refractivity contribution in [2.24, 2.45) is 17.8 Å². The molecule has 1 aliphatic heterocycles. The minimum atomic E-state index is 0.0886. The highest BCUT2D eigenvalue weighted by molar-refractivity contribution is 5.96. The number of carbonyl (C=O) groups is 3. The second kappa shape index (κ2) is 13.7. The van der Waals surface area contributed by atoms with Crippen molar-refractivity contribution in [3.05, 3.63) is 89.0 Å². The summed E-state index contributed by atoms with van der Waals surface area (Å²) in [5.74, 6) is 1.53. The molecule has 1 fully saturated rings. The van der Waals surface area contributed by atoms with Gasteiger partial charge in [-0.3, -0.25) is 9.59 Å². The summed E-state index contributed by atoms with van der Waals surface area (Å²) in [5, 5.41) is 3.01. The molecule has 4 rings (SSSR count). The van der Waals surface area contributed by atoms with E-state index in [1.165, 1.54) is 22.3 Å². The minimum absolute atomic E-state index is 0.0886. The number of allylic oxidation sites excluding steroid dienone is 3. The third-order valence-corrected chi connectivity index (χ3v) is 8.65. The molecule has 39 heavy (non-hydrogen) atoms. The molecule has 0 bridgehead atoms. The van der Waals surface area contributed by atoms with Gasteiger partial charge in [0.05, 0.1) is 0 Å². The van der Waals surface area contributed by atoms with E-state index in [-0.39, 0.29) is 23.4 Å². The normalized spacial score (nSPS) is 19.8.